The number of nitrogen functional groups attached to an aromatic ring is 2. The molecule has 1 rings (SSSR count). The van der Waals surface area contributed by atoms with Crippen LogP contribution in [0.15, 0.2) is 12.1 Å². The lowest BCUT2D eigenvalue weighted by Gasteiger charge is -2.05. The number of carbonyl (C=O) groups excluding carboxylic acids is 1. The topological polar surface area (TPSA) is 98.6 Å². The molecule has 0 fully saturated rings. The summed E-state index contributed by atoms with van der Waals surface area (Å²) in [5.74, 6) is -0.886. The maximum Gasteiger partial charge on any atom is 0.341 e. The minimum absolute atomic E-state index is 0.00852. The Morgan fingerprint density at radius 2 is 1.92 bits per heavy atom. The highest BCUT2D eigenvalue weighted by Gasteiger charge is 2.13. The van der Waals surface area contributed by atoms with Crippen LogP contribution in [0.1, 0.15) is 10.4 Å². The summed E-state index contributed by atoms with van der Waals surface area (Å²) in [6.07, 6.45) is 0. The molecule has 0 radical (unpaired) electrons. The number of carbonyl (C=O) groups is 1. The third kappa shape index (κ3) is 1.64. The third-order valence-electron chi connectivity index (χ3n) is 1.61. The third-order valence-corrected chi connectivity index (χ3v) is 1.61. The van der Waals surface area contributed by atoms with Crippen molar-refractivity contribution in [1.82, 2.24) is 0 Å². The summed E-state index contributed by atoms with van der Waals surface area (Å²) < 4.78 is 4.42. The van der Waals surface area contributed by atoms with E-state index in [1.165, 1.54) is 19.2 Å². The minimum atomic E-state index is -0.649. The zero-order valence-corrected chi connectivity index (χ0v) is 7.07. The Kier molecular flexibility index (Phi) is 2.27. The lowest BCUT2D eigenvalue weighted by atomic mass is 10.1. The zero-order chi connectivity index (χ0) is 10.0. The van der Waals surface area contributed by atoms with Gasteiger partial charge < -0.3 is 21.3 Å². The van der Waals surface area contributed by atoms with Crippen molar-refractivity contribution in [2.45, 2.75) is 0 Å². The molecule has 5 N–H and O–H groups in total. The molecule has 5 nitrogen and oxygen atoms in total. The van der Waals surface area contributed by atoms with Crippen molar-refractivity contribution < 1.29 is 14.6 Å². The van der Waals surface area contributed by atoms with Gasteiger partial charge >= 0.3 is 5.97 Å². The van der Waals surface area contributed by atoms with E-state index in [4.69, 9.17) is 11.5 Å². The second kappa shape index (κ2) is 3.22. The summed E-state index contributed by atoms with van der Waals surface area (Å²) in [7, 11) is 1.22. The predicted octanol–water partition coefficient (Wildman–Crippen LogP) is 0.343. The molecular formula is C8H10N2O3. The standard InChI is InChI=1S/C8H10N2O3/c1-13-8(12)4-2-5(9)6(10)3-7(4)11/h2-3,11H,9-10H2,1H3. The normalized spacial score (nSPS) is 9.62. The van der Waals surface area contributed by atoms with Crippen LogP contribution in [-0.2, 0) is 4.74 Å². The van der Waals surface area contributed by atoms with Crippen LogP contribution in [0.2, 0.25) is 0 Å². The van der Waals surface area contributed by atoms with Crippen LogP contribution < -0.4 is 11.5 Å². The summed E-state index contributed by atoms with van der Waals surface area (Å²) in [5.41, 5.74) is 11.3. The van der Waals surface area contributed by atoms with E-state index in [1.807, 2.05) is 0 Å². The van der Waals surface area contributed by atoms with Gasteiger partial charge in [-0.2, -0.15) is 0 Å². The molecule has 70 valence electrons. The van der Waals surface area contributed by atoms with E-state index < -0.39 is 5.97 Å². The van der Waals surface area contributed by atoms with Crippen molar-refractivity contribution in [3.63, 3.8) is 0 Å². The highest BCUT2D eigenvalue weighted by atomic mass is 16.5. The summed E-state index contributed by atoms with van der Waals surface area (Å²) in [4.78, 5) is 11.0. The Balaban J connectivity index is 3.23. The maximum atomic E-state index is 11.0. The van der Waals surface area contributed by atoms with Crippen LogP contribution in [-0.4, -0.2) is 18.2 Å². The number of ether oxygens (including phenoxy) is 1. The maximum absolute atomic E-state index is 11.0. The van der Waals surface area contributed by atoms with Gasteiger partial charge in [-0.3, -0.25) is 0 Å². The number of methoxy groups -OCH3 is 1. The number of esters is 1. The minimum Gasteiger partial charge on any atom is -0.507 e. The molecule has 1 aromatic rings. The van der Waals surface area contributed by atoms with Gasteiger partial charge in [0.05, 0.1) is 18.5 Å². The van der Waals surface area contributed by atoms with Crippen LogP contribution in [0, 0.1) is 0 Å². The van der Waals surface area contributed by atoms with Gasteiger partial charge in [0.15, 0.2) is 0 Å². The molecule has 0 saturated carbocycles. The molecule has 13 heavy (non-hydrogen) atoms. The van der Waals surface area contributed by atoms with Gasteiger partial charge in [0.25, 0.3) is 0 Å². The number of aromatic hydroxyl groups is 1. The van der Waals surface area contributed by atoms with Crippen molar-refractivity contribution >= 4 is 17.3 Å². The molecule has 0 aliphatic carbocycles. The van der Waals surface area contributed by atoms with Crippen LogP contribution in [0.3, 0.4) is 0 Å². The first-order valence-corrected chi connectivity index (χ1v) is 3.52. The van der Waals surface area contributed by atoms with Gasteiger partial charge in [-0.15, -0.1) is 0 Å². The molecule has 0 atom stereocenters. The summed E-state index contributed by atoms with van der Waals surface area (Å²) in [6.45, 7) is 0. The number of hydrogen-bond acceptors (Lipinski definition) is 5. The zero-order valence-electron chi connectivity index (χ0n) is 7.07. The van der Waals surface area contributed by atoms with Crippen molar-refractivity contribution in [3.8, 4) is 5.75 Å². The molecule has 0 aliphatic heterocycles. The molecule has 0 heterocycles. The summed E-state index contributed by atoms with van der Waals surface area (Å²) in [6, 6.07) is 2.48. The Morgan fingerprint density at radius 3 is 2.46 bits per heavy atom. The molecule has 0 aliphatic rings. The van der Waals surface area contributed by atoms with Crippen molar-refractivity contribution in [1.29, 1.82) is 0 Å². The molecular weight excluding hydrogens is 172 g/mol. The summed E-state index contributed by atoms with van der Waals surface area (Å²) in [5, 5.41) is 9.28. The van der Waals surface area contributed by atoms with E-state index in [1.54, 1.807) is 0 Å². The van der Waals surface area contributed by atoms with E-state index >= 15 is 0 Å². The quantitative estimate of drug-likeness (QED) is 0.330. The Labute approximate surface area is 74.9 Å². The van der Waals surface area contributed by atoms with Gasteiger partial charge in [0, 0.05) is 6.07 Å². The molecule has 1 aromatic carbocycles. The highest BCUT2D eigenvalue weighted by molar-refractivity contribution is 5.94. The van der Waals surface area contributed by atoms with Crippen LogP contribution in [0.5, 0.6) is 5.75 Å². The van der Waals surface area contributed by atoms with Crippen LogP contribution in [0.4, 0.5) is 11.4 Å². The number of anilines is 2. The number of nitrogens with two attached hydrogens (primary N) is 2. The second-order valence-corrected chi connectivity index (χ2v) is 2.49. The van der Waals surface area contributed by atoms with Crippen LogP contribution in [0.25, 0.3) is 0 Å². The van der Waals surface area contributed by atoms with Gasteiger partial charge in [0.2, 0.25) is 0 Å². The molecule has 0 aromatic heterocycles. The lowest BCUT2D eigenvalue weighted by Crippen LogP contribution is -2.04. The van der Waals surface area contributed by atoms with Gasteiger partial charge in [0.1, 0.15) is 11.3 Å². The SMILES string of the molecule is COC(=O)c1cc(N)c(N)cc1O. The summed E-state index contributed by atoms with van der Waals surface area (Å²) >= 11 is 0. The van der Waals surface area contributed by atoms with E-state index in [0.29, 0.717) is 0 Å². The van der Waals surface area contributed by atoms with E-state index in [9.17, 15) is 9.90 Å². The average Bonchev–Trinajstić information content (AvgIpc) is 2.10. The first kappa shape index (κ1) is 9.18. The Bertz CT molecular complexity index is 349. The molecule has 0 amide bonds. The van der Waals surface area contributed by atoms with Gasteiger partial charge in [-0.25, -0.2) is 4.79 Å². The number of benzene rings is 1. The lowest BCUT2D eigenvalue weighted by molar-refractivity contribution is 0.0597. The molecule has 0 saturated heterocycles. The fourth-order valence-corrected chi connectivity index (χ4v) is 0.895. The van der Waals surface area contributed by atoms with E-state index in [2.05, 4.69) is 4.74 Å². The molecule has 0 unspecified atom stereocenters. The second-order valence-electron chi connectivity index (χ2n) is 2.49. The monoisotopic (exact) mass is 182 g/mol. The fourth-order valence-electron chi connectivity index (χ4n) is 0.895. The fraction of sp³-hybridized carbons (Fsp3) is 0.125. The predicted molar refractivity (Wildman–Crippen MR) is 48.3 cm³/mol. The van der Waals surface area contributed by atoms with Gasteiger partial charge in [-0.1, -0.05) is 0 Å². The van der Waals surface area contributed by atoms with E-state index in [-0.39, 0.29) is 22.7 Å². The smallest absolute Gasteiger partial charge is 0.341 e. The number of phenolic OH excluding ortho intramolecular Hbond substituents is 1. The first-order valence-electron chi connectivity index (χ1n) is 3.52. The average molecular weight is 182 g/mol. The van der Waals surface area contributed by atoms with Crippen molar-refractivity contribution in [2.24, 2.45) is 0 Å². The van der Waals surface area contributed by atoms with E-state index in [0.717, 1.165) is 0 Å². The molecule has 5 heteroatoms. The first-order chi connectivity index (χ1) is 6.06. The Morgan fingerprint density at radius 1 is 1.38 bits per heavy atom. The highest BCUT2D eigenvalue weighted by Crippen LogP contribution is 2.26. The van der Waals surface area contributed by atoms with Crippen molar-refractivity contribution in [3.05, 3.63) is 17.7 Å². The number of rotatable bonds is 1. The van der Waals surface area contributed by atoms with Crippen LogP contribution >= 0.6 is 0 Å². The molecule has 0 bridgehead atoms. The largest absolute Gasteiger partial charge is 0.507 e. The number of phenols is 1. The van der Waals surface area contributed by atoms with Gasteiger partial charge in [-0.05, 0) is 6.07 Å². The number of hydrogen-bond donors (Lipinski definition) is 3. The Hall–Kier alpha value is -1.91. The van der Waals surface area contributed by atoms with Crippen molar-refractivity contribution in [2.75, 3.05) is 18.6 Å². The molecule has 0 spiro atoms.